The summed E-state index contributed by atoms with van der Waals surface area (Å²) in [6.45, 7) is 6.11. The van der Waals surface area contributed by atoms with E-state index in [0.717, 1.165) is 56.1 Å². The molecule has 2 fully saturated rings. The van der Waals surface area contributed by atoms with Crippen LogP contribution in [-0.2, 0) is 10.5 Å². The first-order valence-corrected chi connectivity index (χ1v) is 11.3. The van der Waals surface area contributed by atoms with E-state index in [1.54, 1.807) is 16.8 Å². The van der Waals surface area contributed by atoms with Crippen molar-refractivity contribution in [3.63, 3.8) is 0 Å². The number of carbonyl (C=O) groups excluding carboxylic acids is 2. The van der Waals surface area contributed by atoms with E-state index in [4.69, 9.17) is 0 Å². The van der Waals surface area contributed by atoms with E-state index in [1.807, 2.05) is 6.92 Å². The number of pyridine rings is 2. The molecular weight excluding hydrogens is 406 g/mol. The van der Waals surface area contributed by atoms with Crippen molar-refractivity contribution in [3.8, 4) is 0 Å². The van der Waals surface area contributed by atoms with Crippen molar-refractivity contribution in [2.75, 3.05) is 10.6 Å². The Balaban J connectivity index is 1.47. The lowest BCUT2D eigenvalue weighted by atomic mass is 9.87. The number of nitrogens with one attached hydrogen (secondary N) is 3. The molecule has 32 heavy (non-hydrogen) atoms. The first-order valence-electron chi connectivity index (χ1n) is 11.3. The Bertz CT molecular complexity index is 1280. The van der Waals surface area contributed by atoms with Crippen LogP contribution in [0.5, 0.6) is 0 Å². The van der Waals surface area contributed by atoms with Crippen LogP contribution < -0.4 is 21.5 Å². The monoisotopic (exact) mass is 431 g/mol. The van der Waals surface area contributed by atoms with Gasteiger partial charge < -0.3 is 16.0 Å². The van der Waals surface area contributed by atoms with Gasteiger partial charge in [0.1, 0.15) is 22.9 Å². The Labute approximate surface area is 185 Å². The van der Waals surface area contributed by atoms with E-state index >= 15 is 0 Å². The Morgan fingerprint density at radius 1 is 1.25 bits per heavy atom. The SMILES string of the molecule is C=C1c2cnc(NC(=O)C3CC3)cc2Nc2c1c(C)c1n(c2=O)C2(CCCCC2)NC1=O. The maximum absolute atomic E-state index is 13.8. The molecule has 4 heterocycles. The van der Waals surface area contributed by atoms with Crippen LogP contribution in [0.25, 0.3) is 5.57 Å². The maximum Gasteiger partial charge on any atom is 0.277 e. The van der Waals surface area contributed by atoms with Crippen molar-refractivity contribution in [1.82, 2.24) is 14.9 Å². The quantitative estimate of drug-likeness (QED) is 0.577. The molecule has 0 bridgehead atoms. The molecule has 0 aromatic carbocycles. The summed E-state index contributed by atoms with van der Waals surface area (Å²) in [7, 11) is 0. The highest BCUT2D eigenvalue weighted by Crippen LogP contribution is 2.44. The molecule has 8 heteroatoms. The molecule has 1 spiro atoms. The predicted octanol–water partition coefficient (Wildman–Crippen LogP) is 3.38. The highest BCUT2D eigenvalue weighted by molar-refractivity contribution is 6.03. The zero-order chi connectivity index (χ0) is 22.2. The second kappa shape index (κ2) is 6.54. The molecule has 2 aliphatic carbocycles. The first-order chi connectivity index (χ1) is 15.4. The van der Waals surface area contributed by atoms with E-state index in [2.05, 4.69) is 27.5 Å². The summed E-state index contributed by atoms with van der Waals surface area (Å²) in [4.78, 5) is 43.3. The molecule has 2 saturated carbocycles. The lowest BCUT2D eigenvalue weighted by Crippen LogP contribution is -2.49. The smallest absolute Gasteiger partial charge is 0.277 e. The number of hydrogen-bond donors (Lipinski definition) is 3. The average molecular weight is 431 g/mol. The molecule has 3 N–H and O–H groups in total. The van der Waals surface area contributed by atoms with E-state index < -0.39 is 5.66 Å². The van der Waals surface area contributed by atoms with Gasteiger partial charge in [-0.15, -0.1) is 0 Å². The number of amides is 2. The van der Waals surface area contributed by atoms with Crippen molar-refractivity contribution in [2.45, 2.75) is 57.5 Å². The second-order valence-corrected chi connectivity index (χ2v) is 9.39. The van der Waals surface area contributed by atoms with Crippen LogP contribution in [-0.4, -0.2) is 21.4 Å². The number of aromatic nitrogens is 2. The Kier molecular flexibility index (Phi) is 3.94. The van der Waals surface area contributed by atoms with Gasteiger partial charge in [0.25, 0.3) is 11.5 Å². The molecule has 0 radical (unpaired) electrons. The largest absolute Gasteiger partial charge is 0.350 e. The van der Waals surface area contributed by atoms with Gasteiger partial charge in [0, 0.05) is 29.3 Å². The van der Waals surface area contributed by atoms with Crippen molar-refractivity contribution < 1.29 is 9.59 Å². The number of fused-ring (bicyclic) bond motifs is 4. The molecule has 2 amide bonds. The van der Waals surface area contributed by atoms with Gasteiger partial charge in [0.2, 0.25) is 5.91 Å². The van der Waals surface area contributed by atoms with Gasteiger partial charge in [0.15, 0.2) is 0 Å². The zero-order valence-corrected chi connectivity index (χ0v) is 18.0. The van der Waals surface area contributed by atoms with E-state index in [0.29, 0.717) is 34.0 Å². The first kappa shape index (κ1) is 19.3. The molecule has 0 unspecified atom stereocenters. The molecule has 0 saturated heterocycles. The fraction of sp³-hybridized carbons (Fsp3) is 0.417. The number of anilines is 3. The Hall–Kier alpha value is -3.42. The Morgan fingerprint density at radius 3 is 2.72 bits per heavy atom. The molecule has 2 aliphatic heterocycles. The van der Waals surface area contributed by atoms with Gasteiger partial charge >= 0.3 is 0 Å². The molecule has 0 atom stereocenters. The molecule has 4 aliphatic rings. The molecule has 2 aromatic heterocycles. The van der Waals surface area contributed by atoms with Crippen molar-refractivity contribution in [1.29, 1.82) is 0 Å². The van der Waals surface area contributed by atoms with Gasteiger partial charge in [0.05, 0.1) is 5.69 Å². The number of rotatable bonds is 2. The second-order valence-electron chi connectivity index (χ2n) is 9.39. The standard InChI is InChI=1S/C24H25N5O3/c1-12-15-11-25-17(27-21(30)14-6-7-14)10-16(15)26-19-18(12)13(2)20-22(31)28-24(29(20)23(19)32)8-4-3-5-9-24/h10-11,14,26H,1,3-9H2,2H3,(H,28,31)(H,25,27,30). The normalized spacial score (nSPS) is 20.2. The summed E-state index contributed by atoms with van der Waals surface area (Å²) in [5.74, 6) is 0.301. The van der Waals surface area contributed by atoms with Crippen LogP contribution in [0.1, 0.15) is 72.1 Å². The highest BCUT2D eigenvalue weighted by Gasteiger charge is 2.46. The third-order valence-electron chi connectivity index (χ3n) is 7.28. The van der Waals surface area contributed by atoms with Gasteiger partial charge in [-0.3, -0.25) is 19.0 Å². The lowest BCUT2D eigenvalue weighted by molar-refractivity contribution is -0.117. The minimum atomic E-state index is -0.646. The van der Waals surface area contributed by atoms with Crippen LogP contribution in [0.3, 0.4) is 0 Å². The summed E-state index contributed by atoms with van der Waals surface area (Å²) < 4.78 is 1.69. The van der Waals surface area contributed by atoms with E-state index in [1.165, 1.54) is 0 Å². The molecule has 6 rings (SSSR count). The average Bonchev–Trinajstić information content (AvgIpc) is 3.58. The minimum Gasteiger partial charge on any atom is -0.350 e. The van der Waals surface area contributed by atoms with Crippen LogP contribution in [0.2, 0.25) is 0 Å². The van der Waals surface area contributed by atoms with Crippen molar-refractivity contribution in [2.24, 2.45) is 5.92 Å². The number of nitrogens with zero attached hydrogens (tertiary/aromatic N) is 2. The summed E-state index contributed by atoms with van der Waals surface area (Å²) in [6, 6.07) is 1.75. The van der Waals surface area contributed by atoms with Gasteiger partial charge in [-0.25, -0.2) is 4.98 Å². The van der Waals surface area contributed by atoms with Gasteiger partial charge in [-0.1, -0.05) is 13.0 Å². The zero-order valence-electron chi connectivity index (χ0n) is 18.0. The lowest BCUT2D eigenvalue weighted by Gasteiger charge is -2.36. The van der Waals surface area contributed by atoms with E-state index in [-0.39, 0.29) is 23.3 Å². The third-order valence-corrected chi connectivity index (χ3v) is 7.28. The predicted molar refractivity (Wildman–Crippen MR) is 121 cm³/mol. The van der Waals surface area contributed by atoms with Crippen LogP contribution in [0.4, 0.5) is 17.2 Å². The summed E-state index contributed by atoms with van der Waals surface area (Å²) in [5, 5.41) is 9.26. The maximum atomic E-state index is 13.8. The molecule has 2 aromatic rings. The number of carbonyl (C=O) groups is 2. The van der Waals surface area contributed by atoms with Gasteiger partial charge in [-0.05, 0) is 56.6 Å². The van der Waals surface area contributed by atoms with Gasteiger partial charge in [-0.2, -0.15) is 0 Å². The molecule has 164 valence electrons. The fourth-order valence-electron chi connectivity index (χ4n) is 5.49. The van der Waals surface area contributed by atoms with Crippen LogP contribution in [0.15, 0.2) is 23.6 Å². The van der Waals surface area contributed by atoms with Crippen molar-refractivity contribution >= 4 is 34.6 Å². The summed E-state index contributed by atoms with van der Waals surface area (Å²) in [6.07, 6.45) is 8.04. The van der Waals surface area contributed by atoms with Crippen LogP contribution in [0, 0.1) is 12.8 Å². The van der Waals surface area contributed by atoms with Crippen molar-refractivity contribution in [3.05, 3.63) is 51.6 Å². The summed E-state index contributed by atoms with van der Waals surface area (Å²) in [5.41, 5.74) is 3.48. The fourth-order valence-corrected chi connectivity index (χ4v) is 5.49. The highest BCUT2D eigenvalue weighted by atomic mass is 16.2. The summed E-state index contributed by atoms with van der Waals surface area (Å²) >= 11 is 0. The van der Waals surface area contributed by atoms with E-state index in [9.17, 15) is 14.4 Å². The third kappa shape index (κ3) is 2.61. The topological polar surface area (TPSA) is 105 Å². The van der Waals surface area contributed by atoms with Crippen LogP contribution >= 0.6 is 0 Å². The molecular formula is C24H25N5O3. The Morgan fingerprint density at radius 2 is 2.00 bits per heavy atom. The number of hydrogen-bond acceptors (Lipinski definition) is 5. The minimum absolute atomic E-state index is 0.0231. The molecule has 8 nitrogen and oxygen atoms in total.